The molecule has 1 aromatic carbocycles. The Labute approximate surface area is 120 Å². The first-order valence-electron chi connectivity index (χ1n) is 5.56. The predicted octanol–water partition coefficient (Wildman–Crippen LogP) is 4.33. The first-order chi connectivity index (χ1) is 7.82. The Morgan fingerprint density at radius 1 is 1.12 bits per heavy atom. The van der Waals surface area contributed by atoms with Crippen LogP contribution in [-0.4, -0.2) is 23.9 Å². The molecule has 0 N–H and O–H groups in total. The molecule has 0 aliphatic rings. The second-order valence-corrected chi connectivity index (χ2v) is 6.39. The minimum Gasteiger partial charge on any atom is -0.339 e. The quantitative estimate of drug-likeness (QED) is 0.783. The molecule has 1 aromatic rings. The highest BCUT2D eigenvalue weighted by Gasteiger charge is 2.20. The van der Waals surface area contributed by atoms with Gasteiger partial charge in [-0.2, -0.15) is 0 Å². The molecule has 1 rings (SSSR count). The van der Waals surface area contributed by atoms with Gasteiger partial charge in [0.05, 0.1) is 0 Å². The molecule has 0 saturated heterocycles. The Hall–Kier alpha value is -0.350. The summed E-state index contributed by atoms with van der Waals surface area (Å²) in [6.45, 7) is 6.30. The van der Waals surface area contributed by atoms with Gasteiger partial charge in [-0.05, 0) is 31.0 Å². The highest BCUT2D eigenvalue weighted by molar-refractivity contribution is 9.11. The lowest BCUT2D eigenvalue weighted by Crippen LogP contribution is -2.38. The third-order valence-electron chi connectivity index (χ3n) is 3.01. The number of carbonyl (C=O) groups excluding carboxylic acids is 1. The number of carbonyl (C=O) groups is 1. The molecule has 0 aliphatic heterocycles. The average molecular weight is 363 g/mol. The van der Waals surface area contributed by atoms with Crippen LogP contribution in [0.4, 0.5) is 0 Å². The molecule has 0 bridgehead atoms. The Bertz CT molecular complexity index is 398. The standard InChI is InChI=1S/C13H17Br2NO/c1-8(2)9(3)16(4)13(17)10-5-11(14)7-12(15)6-10/h5-9H,1-4H3. The SMILES string of the molecule is CC(C)C(C)N(C)C(=O)c1cc(Br)cc(Br)c1. The summed E-state index contributed by atoms with van der Waals surface area (Å²) in [5, 5.41) is 0. The van der Waals surface area contributed by atoms with Gasteiger partial charge in [-0.3, -0.25) is 4.79 Å². The van der Waals surface area contributed by atoms with Gasteiger partial charge >= 0.3 is 0 Å². The van der Waals surface area contributed by atoms with Crippen LogP contribution in [0, 0.1) is 5.92 Å². The normalized spacial score (nSPS) is 12.6. The Kier molecular flexibility index (Phi) is 5.20. The van der Waals surface area contributed by atoms with Gasteiger partial charge in [-0.25, -0.2) is 0 Å². The Morgan fingerprint density at radius 2 is 1.59 bits per heavy atom. The molecule has 1 amide bonds. The van der Waals surface area contributed by atoms with E-state index in [1.54, 1.807) is 4.90 Å². The topological polar surface area (TPSA) is 20.3 Å². The molecule has 0 aromatic heterocycles. The molecule has 0 aliphatic carbocycles. The highest BCUT2D eigenvalue weighted by Crippen LogP contribution is 2.22. The lowest BCUT2D eigenvalue weighted by Gasteiger charge is -2.28. The van der Waals surface area contributed by atoms with Crippen molar-refractivity contribution in [2.75, 3.05) is 7.05 Å². The molecule has 0 heterocycles. The van der Waals surface area contributed by atoms with Crippen LogP contribution in [0.3, 0.4) is 0 Å². The smallest absolute Gasteiger partial charge is 0.253 e. The lowest BCUT2D eigenvalue weighted by molar-refractivity contribution is 0.0707. The third kappa shape index (κ3) is 3.81. The van der Waals surface area contributed by atoms with Crippen molar-refractivity contribution >= 4 is 37.8 Å². The summed E-state index contributed by atoms with van der Waals surface area (Å²) in [6, 6.07) is 5.83. The average Bonchev–Trinajstić information content (AvgIpc) is 2.24. The van der Waals surface area contributed by atoms with E-state index < -0.39 is 0 Å². The van der Waals surface area contributed by atoms with Crippen LogP contribution in [0.5, 0.6) is 0 Å². The minimum atomic E-state index is 0.0493. The fourth-order valence-electron chi connectivity index (χ4n) is 1.51. The van der Waals surface area contributed by atoms with E-state index >= 15 is 0 Å². The van der Waals surface area contributed by atoms with Crippen molar-refractivity contribution in [1.29, 1.82) is 0 Å². The van der Waals surface area contributed by atoms with Crippen LogP contribution in [0.15, 0.2) is 27.1 Å². The number of halogens is 2. The zero-order valence-electron chi connectivity index (χ0n) is 10.5. The summed E-state index contributed by atoms with van der Waals surface area (Å²) in [5.41, 5.74) is 0.696. The summed E-state index contributed by atoms with van der Waals surface area (Å²) in [5.74, 6) is 0.493. The van der Waals surface area contributed by atoms with Gasteiger partial charge in [0.25, 0.3) is 5.91 Å². The fraction of sp³-hybridized carbons (Fsp3) is 0.462. The molecule has 0 fully saturated rings. The lowest BCUT2D eigenvalue weighted by atomic mass is 10.0. The number of hydrogen-bond acceptors (Lipinski definition) is 1. The summed E-state index contributed by atoms with van der Waals surface area (Å²) >= 11 is 6.79. The molecule has 0 saturated carbocycles. The van der Waals surface area contributed by atoms with Crippen LogP contribution in [-0.2, 0) is 0 Å². The zero-order valence-corrected chi connectivity index (χ0v) is 13.7. The van der Waals surface area contributed by atoms with Crippen molar-refractivity contribution < 1.29 is 4.79 Å². The van der Waals surface area contributed by atoms with Crippen LogP contribution < -0.4 is 0 Å². The van der Waals surface area contributed by atoms with Gasteiger partial charge in [0, 0.05) is 27.6 Å². The zero-order chi connectivity index (χ0) is 13.2. The monoisotopic (exact) mass is 361 g/mol. The van der Waals surface area contributed by atoms with Gasteiger partial charge < -0.3 is 4.90 Å². The van der Waals surface area contributed by atoms with Crippen LogP contribution in [0.2, 0.25) is 0 Å². The van der Waals surface area contributed by atoms with Crippen molar-refractivity contribution in [3.63, 3.8) is 0 Å². The van der Waals surface area contributed by atoms with Crippen molar-refractivity contribution in [1.82, 2.24) is 4.90 Å². The molecule has 1 atom stereocenters. The predicted molar refractivity (Wildman–Crippen MR) is 78.2 cm³/mol. The van der Waals surface area contributed by atoms with Crippen LogP contribution >= 0.6 is 31.9 Å². The van der Waals surface area contributed by atoms with Crippen molar-refractivity contribution in [2.45, 2.75) is 26.8 Å². The Balaban J connectivity index is 2.96. The molecule has 0 radical (unpaired) electrons. The van der Waals surface area contributed by atoms with Gasteiger partial charge in [-0.1, -0.05) is 45.7 Å². The number of hydrogen-bond donors (Lipinski definition) is 0. The maximum Gasteiger partial charge on any atom is 0.253 e. The molecule has 94 valence electrons. The van der Waals surface area contributed by atoms with E-state index in [0.717, 1.165) is 8.95 Å². The Morgan fingerprint density at radius 3 is 2.00 bits per heavy atom. The first kappa shape index (κ1) is 14.7. The molecule has 2 nitrogen and oxygen atoms in total. The van der Waals surface area contributed by atoms with Gasteiger partial charge in [0.1, 0.15) is 0 Å². The fourth-order valence-corrected chi connectivity index (χ4v) is 2.81. The van der Waals surface area contributed by atoms with E-state index in [0.29, 0.717) is 11.5 Å². The first-order valence-corrected chi connectivity index (χ1v) is 7.14. The van der Waals surface area contributed by atoms with E-state index in [9.17, 15) is 4.79 Å². The highest BCUT2D eigenvalue weighted by atomic mass is 79.9. The number of nitrogens with zero attached hydrogens (tertiary/aromatic N) is 1. The number of benzene rings is 1. The molecular formula is C13H17Br2NO. The minimum absolute atomic E-state index is 0.0493. The van der Waals surface area contributed by atoms with Gasteiger partial charge in [0.2, 0.25) is 0 Å². The second-order valence-electron chi connectivity index (χ2n) is 4.56. The van der Waals surface area contributed by atoms with E-state index in [1.165, 1.54) is 0 Å². The maximum atomic E-state index is 12.3. The van der Waals surface area contributed by atoms with E-state index in [2.05, 4.69) is 52.6 Å². The van der Waals surface area contributed by atoms with Crippen LogP contribution in [0.1, 0.15) is 31.1 Å². The van der Waals surface area contributed by atoms with E-state index in [1.807, 2.05) is 25.2 Å². The summed E-state index contributed by atoms with van der Waals surface area (Å²) < 4.78 is 1.81. The van der Waals surface area contributed by atoms with Crippen molar-refractivity contribution in [3.05, 3.63) is 32.7 Å². The van der Waals surface area contributed by atoms with Crippen molar-refractivity contribution in [3.8, 4) is 0 Å². The van der Waals surface area contributed by atoms with Gasteiger partial charge in [0.15, 0.2) is 0 Å². The van der Waals surface area contributed by atoms with Crippen LogP contribution in [0.25, 0.3) is 0 Å². The molecule has 4 heteroatoms. The number of amides is 1. The largest absolute Gasteiger partial charge is 0.339 e. The molecule has 1 unspecified atom stereocenters. The second kappa shape index (κ2) is 6.01. The van der Waals surface area contributed by atoms with Gasteiger partial charge in [-0.15, -0.1) is 0 Å². The summed E-state index contributed by atoms with van der Waals surface area (Å²) in [7, 11) is 1.85. The third-order valence-corrected chi connectivity index (χ3v) is 3.92. The molecular weight excluding hydrogens is 346 g/mol. The number of rotatable bonds is 3. The molecule has 0 spiro atoms. The summed E-state index contributed by atoms with van der Waals surface area (Å²) in [6.07, 6.45) is 0. The van der Waals surface area contributed by atoms with E-state index in [4.69, 9.17) is 0 Å². The molecule has 17 heavy (non-hydrogen) atoms. The van der Waals surface area contributed by atoms with Crippen molar-refractivity contribution in [2.24, 2.45) is 5.92 Å². The van der Waals surface area contributed by atoms with E-state index in [-0.39, 0.29) is 11.9 Å². The summed E-state index contributed by atoms with van der Waals surface area (Å²) in [4.78, 5) is 14.1. The maximum absolute atomic E-state index is 12.3.